The summed E-state index contributed by atoms with van der Waals surface area (Å²) in [5, 5.41) is 3.53. The number of hydrogen-bond donors (Lipinski definition) is 1. The van der Waals surface area contributed by atoms with Gasteiger partial charge in [-0.1, -0.05) is 12.1 Å². The van der Waals surface area contributed by atoms with Crippen molar-refractivity contribution < 1.29 is 4.74 Å². The Balaban J connectivity index is 1.28. The van der Waals surface area contributed by atoms with E-state index in [2.05, 4.69) is 38.4 Å². The highest BCUT2D eigenvalue weighted by molar-refractivity contribution is 5.40. The summed E-state index contributed by atoms with van der Waals surface area (Å²) < 4.78 is 5.58. The van der Waals surface area contributed by atoms with E-state index in [1.165, 1.54) is 17.5 Å². The van der Waals surface area contributed by atoms with Crippen LogP contribution in [-0.2, 0) is 12.8 Å². The highest BCUT2D eigenvalue weighted by atomic mass is 16.5. The summed E-state index contributed by atoms with van der Waals surface area (Å²) in [6, 6.07) is 9.14. The second-order valence-corrected chi connectivity index (χ2v) is 6.77. The van der Waals surface area contributed by atoms with Gasteiger partial charge in [-0.25, -0.2) is 9.97 Å². The highest BCUT2D eigenvalue weighted by Crippen LogP contribution is 2.26. The predicted octanol–water partition coefficient (Wildman–Crippen LogP) is 2.45. The smallest absolute Gasteiger partial charge is 0.129 e. The number of aromatic nitrogens is 2. The fraction of sp³-hybridized carbons (Fsp3) is 0.474. The summed E-state index contributed by atoms with van der Waals surface area (Å²) in [6.45, 7) is 6.17. The Bertz CT molecular complexity index is 718. The maximum atomic E-state index is 5.58. The number of ether oxygens (including phenoxy) is 1. The van der Waals surface area contributed by atoms with Crippen LogP contribution in [0.25, 0.3) is 0 Å². The van der Waals surface area contributed by atoms with Gasteiger partial charge in [0.15, 0.2) is 0 Å². The molecular formula is C19H24N4O. The number of nitrogens with one attached hydrogen (secondary N) is 1. The third kappa shape index (κ3) is 3.51. The molecule has 1 atom stereocenters. The first-order valence-corrected chi connectivity index (χ1v) is 8.78. The van der Waals surface area contributed by atoms with Crippen LogP contribution in [0.15, 0.2) is 30.6 Å². The summed E-state index contributed by atoms with van der Waals surface area (Å²) in [6.07, 6.45) is 4.95. The quantitative estimate of drug-likeness (QED) is 0.915. The van der Waals surface area contributed by atoms with Gasteiger partial charge in [0.1, 0.15) is 17.9 Å². The number of rotatable bonds is 5. The maximum absolute atomic E-state index is 5.58. The lowest BCUT2D eigenvalue weighted by Gasteiger charge is -2.17. The normalized spacial score (nSPS) is 20.0. The molecule has 1 aromatic heterocycles. The third-order valence-electron chi connectivity index (χ3n) is 4.90. The molecule has 1 fully saturated rings. The second kappa shape index (κ2) is 6.77. The van der Waals surface area contributed by atoms with E-state index in [0.717, 1.165) is 56.3 Å². The van der Waals surface area contributed by atoms with Crippen LogP contribution in [0.3, 0.4) is 0 Å². The van der Waals surface area contributed by atoms with Gasteiger partial charge >= 0.3 is 0 Å². The van der Waals surface area contributed by atoms with Crippen molar-refractivity contribution in [2.24, 2.45) is 0 Å². The monoisotopic (exact) mass is 324 g/mol. The van der Waals surface area contributed by atoms with Crippen LogP contribution >= 0.6 is 0 Å². The number of anilines is 1. The molecule has 1 aromatic carbocycles. The van der Waals surface area contributed by atoms with Gasteiger partial charge in [0.05, 0.1) is 6.61 Å². The Hall–Kier alpha value is -2.14. The first-order chi connectivity index (χ1) is 11.8. The molecule has 0 bridgehead atoms. The van der Waals surface area contributed by atoms with Crippen molar-refractivity contribution in [3.05, 3.63) is 47.4 Å². The lowest BCUT2D eigenvalue weighted by atomic mass is 10.1. The number of fused-ring (bicyclic) bond motifs is 1. The van der Waals surface area contributed by atoms with Gasteiger partial charge in [-0.15, -0.1) is 0 Å². The van der Waals surface area contributed by atoms with Crippen LogP contribution in [0.4, 0.5) is 5.82 Å². The van der Waals surface area contributed by atoms with Crippen molar-refractivity contribution in [2.75, 3.05) is 31.6 Å². The largest absolute Gasteiger partial charge is 0.493 e. The number of likely N-dealkylation sites (tertiary alicyclic amines) is 1. The molecular weight excluding hydrogens is 300 g/mol. The Morgan fingerprint density at radius 2 is 2.25 bits per heavy atom. The number of nitrogens with zero attached hydrogens (tertiary/aromatic N) is 3. The Morgan fingerprint density at radius 1 is 1.29 bits per heavy atom. The topological polar surface area (TPSA) is 50.3 Å². The van der Waals surface area contributed by atoms with Gasteiger partial charge < -0.3 is 15.0 Å². The van der Waals surface area contributed by atoms with Gasteiger partial charge in [-0.2, -0.15) is 0 Å². The average Bonchev–Trinajstić information content (AvgIpc) is 3.21. The molecule has 0 radical (unpaired) electrons. The van der Waals surface area contributed by atoms with Crippen LogP contribution in [0.5, 0.6) is 5.75 Å². The van der Waals surface area contributed by atoms with Crippen LogP contribution in [0.1, 0.15) is 23.2 Å². The van der Waals surface area contributed by atoms with E-state index < -0.39 is 0 Å². The third-order valence-corrected chi connectivity index (χ3v) is 4.90. The van der Waals surface area contributed by atoms with E-state index in [0.29, 0.717) is 6.04 Å². The molecule has 24 heavy (non-hydrogen) atoms. The standard InChI is InChI=1S/C19H24N4O/c1-14-10-19(21-13-20-14)22-17-5-8-23(12-17)7-4-15-2-3-18-16(11-15)6-9-24-18/h2-3,10-11,13,17H,4-9,12H2,1H3,(H,20,21,22). The number of aryl methyl sites for hydroxylation is 1. The summed E-state index contributed by atoms with van der Waals surface area (Å²) in [5.74, 6) is 2.01. The zero-order valence-corrected chi connectivity index (χ0v) is 14.2. The van der Waals surface area contributed by atoms with E-state index in [1.807, 2.05) is 13.0 Å². The SMILES string of the molecule is Cc1cc(NC2CCN(CCc3ccc4c(c3)CCO4)C2)ncn1. The first-order valence-electron chi connectivity index (χ1n) is 8.78. The molecule has 2 aliphatic rings. The van der Waals surface area contributed by atoms with E-state index in [-0.39, 0.29) is 0 Å². The fourth-order valence-electron chi connectivity index (χ4n) is 3.58. The maximum Gasteiger partial charge on any atom is 0.129 e. The summed E-state index contributed by atoms with van der Waals surface area (Å²) in [5.41, 5.74) is 3.79. The summed E-state index contributed by atoms with van der Waals surface area (Å²) >= 11 is 0. The molecule has 1 unspecified atom stereocenters. The van der Waals surface area contributed by atoms with Crippen LogP contribution in [-0.4, -0.2) is 47.2 Å². The van der Waals surface area contributed by atoms with Crippen LogP contribution in [0, 0.1) is 6.92 Å². The molecule has 4 rings (SSSR count). The summed E-state index contributed by atoms with van der Waals surface area (Å²) in [7, 11) is 0. The van der Waals surface area contributed by atoms with Crippen molar-refractivity contribution >= 4 is 5.82 Å². The van der Waals surface area contributed by atoms with Crippen molar-refractivity contribution in [1.82, 2.24) is 14.9 Å². The molecule has 0 amide bonds. The molecule has 0 aliphatic carbocycles. The Morgan fingerprint density at radius 3 is 3.17 bits per heavy atom. The molecule has 0 spiro atoms. The first kappa shape index (κ1) is 15.4. The fourth-order valence-corrected chi connectivity index (χ4v) is 3.58. The zero-order chi connectivity index (χ0) is 16.4. The van der Waals surface area contributed by atoms with E-state index in [4.69, 9.17) is 4.74 Å². The second-order valence-electron chi connectivity index (χ2n) is 6.77. The molecule has 2 aliphatic heterocycles. The average molecular weight is 324 g/mol. The molecule has 5 heteroatoms. The molecule has 5 nitrogen and oxygen atoms in total. The van der Waals surface area contributed by atoms with Gasteiger partial charge in [-0.3, -0.25) is 0 Å². The Kier molecular flexibility index (Phi) is 4.34. The minimum atomic E-state index is 0.479. The number of hydrogen-bond acceptors (Lipinski definition) is 5. The van der Waals surface area contributed by atoms with Gasteiger partial charge in [0, 0.05) is 43.9 Å². The molecule has 1 saturated heterocycles. The van der Waals surface area contributed by atoms with Crippen molar-refractivity contribution in [1.29, 1.82) is 0 Å². The highest BCUT2D eigenvalue weighted by Gasteiger charge is 2.22. The lowest BCUT2D eigenvalue weighted by molar-refractivity contribution is 0.340. The molecule has 3 heterocycles. The van der Waals surface area contributed by atoms with Crippen molar-refractivity contribution in [2.45, 2.75) is 32.2 Å². The zero-order valence-electron chi connectivity index (χ0n) is 14.2. The minimum absolute atomic E-state index is 0.479. The number of benzene rings is 1. The molecule has 126 valence electrons. The summed E-state index contributed by atoms with van der Waals surface area (Å²) in [4.78, 5) is 11.0. The molecule has 0 saturated carbocycles. The lowest BCUT2D eigenvalue weighted by Crippen LogP contribution is -2.28. The molecule has 2 aromatic rings. The van der Waals surface area contributed by atoms with Crippen molar-refractivity contribution in [3.8, 4) is 5.75 Å². The van der Waals surface area contributed by atoms with Crippen molar-refractivity contribution in [3.63, 3.8) is 0 Å². The van der Waals surface area contributed by atoms with E-state index in [9.17, 15) is 0 Å². The van der Waals surface area contributed by atoms with Crippen LogP contribution in [0.2, 0.25) is 0 Å². The van der Waals surface area contributed by atoms with E-state index in [1.54, 1.807) is 6.33 Å². The molecule has 1 N–H and O–H groups in total. The van der Waals surface area contributed by atoms with Gasteiger partial charge in [-0.05, 0) is 37.0 Å². The van der Waals surface area contributed by atoms with Crippen LogP contribution < -0.4 is 10.1 Å². The van der Waals surface area contributed by atoms with E-state index >= 15 is 0 Å². The van der Waals surface area contributed by atoms with Gasteiger partial charge in [0.25, 0.3) is 0 Å². The predicted molar refractivity (Wildman–Crippen MR) is 94.6 cm³/mol. The van der Waals surface area contributed by atoms with Gasteiger partial charge in [0.2, 0.25) is 0 Å². The minimum Gasteiger partial charge on any atom is -0.493 e. The Labute approximate surface area is 143 Å².